The molecule has 1 atom stereocenters. The third-order valence-electron chi connectivity index (χ3n) is 5.60. The summed E-state index contributed by atoms with van der Waals surface area (Å²) >= 11 is 0. The number of aromatic nitrogens is 2. The number of nitrogens with one attached hydrogen (secondary N) is 1. The van der Waals surface area contributed by atoms with Crippen molar-refractivity contribution in [2.24, 2.45) is 0 Å². The van der Waals surface area contributed by atoms with Crippen LogP contribution in [0.2, 0.25) is 0 Å². The average Bonchev–Trinajstić information content (AvgIpc) is 3.01. The summed E-state index contributed by atoms with van der Waals surface area (Å²) in [6.45, 7) is 2.53. The Morgan fingerprint density at radius 2 is 1.96 bits per heavy atom. The highest BCUT2D eigenvalue weighted by Gasteiger charge is 2.40. The molecule has 4 rings (SSSR count). The normalized spacial score (nSPS) is 23.8. The van der Waals surface area contributed by atoms with Crippen LogP contribution < -0.4 is 5.32 Å². The largest absolute Gasteiger partial charge is 0.344 e. The van der Waals surface area contributed by atoms with Crippen LogP contribution in [-0.2, 0) is 22.8 Å². The minimum atomic E-state index is -3.12. The SMILES string of the molecule is C[C@@]1(NC(=O)c2nc(-c3ccc(F)cc3)n3c2CCCCC3)CCS(=O)(=O)C1. The molecule has 150 valence electrons. The number of halogens is 1. The maximum atomic E-state index is 13.3. The zero-order chi connectivity index (χ0) is 19.9. The first-order chi connectivity index (χ1) is 13.3. The van der Waals surface area contributed by atoms with Crippen molar-refractivity contribution in [2.45, 2.75) is 51.1 Å². The van der Waals surface area contributed by atoms with Gasteiger partial charge in [-0.15, -0.1) is 0 Å². The second-order valence-electron chi connectivity index (χ2n) is 8.06. The molecule has 28 heavy (non-hydrogen) atoms. The van der Waals surface area contributed by atoms with Gasteiger partial charge in [0.1, 0.15) is 17.3 Å². The Morgan fingerprint density at radius 3 is 2.64 bits per heavy atom. The van der Waals surface area contributed by atoms with Gasteiger partial charge in [-0.3, -0.25) is 4.79 Å². The Kier molecular flexibility index (Phi) is 4.77. The Labute approximate surface area is 164 Å². The predicted molar refractivity (Wildman–Crippen MR) is 104 cm³/mol. The van der Waals surface area contributed by atoms with Gasteiger partial charge in [0.25, 0.3) is 5.91 Å². The maximum Gasteiger partial charge on any atom is 0.272 e. The summed E-state index contributed by atoms with van der Waals surface area (Å²) in [5, 5.41) is 2.92. The number of fused-ring (bicyclic) bond motifs is 1. The van der Waals surface area contributed by atoms with Crippen LogP contribution in [0.1, 0.15) is 48.8 Å². The fraction of sp³-hybridized carbons (Fsp3) is 0.500. The van der Waals surface area contributed by atoms with Gasteiger partial charge in [-0.05, 0) is 56.9 Å². The molecule has 0 unspecified atom stereocenters. The molecule has 1 saturated heterocycles. The van der Waals surface area contributed by atoms with Gasteiger partial charge in [0.05, 0.1) is 22.7 Å². The van der Waals surface area contributed by atoms with Gasteiger partial charge in [0, 0.05) is 12.1 Å². The van der Waals surface area contributed by atoms with E-state index in [4.69, 9.17) is 0 Å². The van der Waals surface area contributed by atoms with E-state index in [0.717, 1.165) is 43.5 Å². The van der Waals surface area contributed by atoms with E-state index < -0.39 is 15.4 Å². The maximum absolute atomic E-state index is 13.3. The molecule has 0 saturated carbocycles. The van der Waals surface area contributed by atoms with E-state index >= 15 is 0 Å². The third-order valence-corrected chi connectivity index (χ3v) is 7.51. The standard InChI is InChI=1S/C20H24FN3O3S/c1-20(10-12-28(26,27)13-20)23-19(25)17-16-5-3-2-4-11-24(16)18(22-17)14-6-8-15(21)9-7-14/h6-9H,2-5,10-13H2,1H3,(H,23,25)/t20-/m1/s1. The van der Waals surface area contributed by atoms with E-state index in [0.29, 0.717) is 17.9 Å². The molecule has 0 radical (unpaired) electrons. The molecule has 8 heteroatoms. The first-order valence-corrected chi connectivity index (χ1v) is 11.5. The smallest absolute Gasteiger partial charge is 0.272 e. The summed E-state index contributed by atoms with van der Waals surface area (Å²) in [5.74, 6) is 0.0444. The molecule has 2 aliphatic rings. The summed E-state index contributed by atoms with van der Waals surface area (Å²) < 4.78 is 39.1. The Balaban J connectivity index is 1.70. The van der Waals surface area contributed by atoms with Gasteiger partial charge in [-0.1, -0.05) is 6.42 Å². The second-order valence-corrected chi connectivity index (χ2v) is 10.2. The van der Waals surface area contributed by atoms with Crippen LogP contribution in [0.15, 0.2) is 24.3 Å². The summed E-state index contributed by atoms with van der Waals surface area (Å²) in [5.41, 5.74) is 1.22. The first kappa shape index (κ1) is 19.1. The molecule has 1 amide bonds. The predicted octanol–water partition coefficient (Wildman–Crippen LogP) is 2.72. The highest BCUT2D eigenvalue weighted by atomic mass is 32.2. The number of amides is 1. The summed E-state index contributed by atoms with van der Waals surface area (Å²) in [6.07, 6.45) is 4.19. The van der Waals surface area contributed by atoms with E-state index in [-0.39, 0.29) is 23.2 Å². The number of rotatable bonds is 3. The van der Waals surface area contributed by atoms with Crippen molar-refractivity contribution in [1.29, 1.82) is 0 Å². The number of carbonyl (C=O) groups excluding carboxylic acids is 1. The number of imidazole rings is 1. The van der Waals surface area contributed by atoms with Crippen LogP contribution in [0.5, 0.6) is 0 Å². The Morgan fingerprint density at radius 1 is 1.21 bits per heavy atom. The van der Waals surface area contributed by atoms with Crippen molar-refractivity contribution in [3.05, 3.63) is 41.5 Å². The van der Waals surface area contributed by atoms with Gasteiger partial charge in [0.15, 0.2) is 9.84 Å². The zero-order valence-corrected chi connectivity index (χ0v) is 16.7. The van der Waals surface area contributed by atoms with Gasteiger partial charge in [-0.25, -0.2) is 17.8 Å². The van der Waals surface area contributed by atoms with E-state index in [1.807, 2.05) is 0 Å². The molecule has 1 fully saturated rings. The van der Waals surface area contributed by atoms with Crippen molar-refractivity contribution in [1.82, 2.24) is 14.9 Å². The van der Waals surface area contributed by atoms with Crippen LogP contribution in [0.4, 0.5) is 4.39 Å². The fourth-order valence-electron chi connectivity index (χ4n) is 4.16. The molecule has 2 aliphatic heterocycles. The molecule has 3 heterocycles. The van der Waals surface area contributed by atoms with E-state index in [9.17, 15) is 17.6 Å². The van der Waals surface area contributed by atoms with E-state index in [1.54, 1.807) is 19.1 Å². The van der Waals surface area contributed by atoms with Crippen LogP contribution >= 0.6 is 0 Å². The molecule has 0 spiro atoms. The topological polar surface area (TPSA) is 81.1 Å². The van der Waals surface area contributed by atoms with Gasteiger partial charge < -0.3 is 9.88 Å². The van der Waals surface area contributed by atoms with E-state index in [2.05, 4.69) is 14.9 Å². The molecule has 1 N–H and O–H groups in total. The molecule has 0 bridgehead atoms. The number of sulfone groups is 1. The molecule has 1 aromatic heterocycles. The van der Waals surface area contributed by atoms with Gasteiger partial charge in [0.2, 0.25) is 0 Å². The minimum absolute atomic E-state index is 0.0490. The van der Waals surface area contributed by atoms with Crippen LogP contribution in [-0.4, -0.2) is 40.9 Å². The molecule has 0 aliphatic carbocycles. The highest BCUT2D eigenvalue weighted by Crippen LogP contribution is 2.29. The fourth-order valence-corrected chi connectivity index (χ4v) is 6.26. The molecule has 1 aromatic carbocycles. The van der Waals surface area contributed by atoms with Crippen LogP contribution in [0.25, 0.3) is 11.4 Å². The summed E-state index contributed by atoms with van der Waals surface area (Å²) in [7, 11) is -3.12. The summed E-state index contributed by atoms with van der Waals surface area (Å²) in [6, 6.07) is 6.11. The monoisotopic (exact) mass is 405 g/mol. The number of benzene rings is 1. The van der Waals surface area contributed by atoms with Crippen molar-refractivity contribution in [3.8, 4) is 11.4 Å². The van der Waals surface area contributed by atoms with Crippen LogP contribution in [0.3, 0.4) is 0 Å². The number of hydrogen-bond acceptors (Lipinski definition) is 4. The van der Waals surface area contributed by atoms with Crippen molar-refractivity contribution >= 4 is 15.7 Å². The zero-order valence-electron chi connectivity index (χ0n) is 15.9. The highest BCUT2D eigenvalue weighted by molar-refractivity contribution is 7.91. The molecule has 6 nitrogen and oxygen atoms in total. The number of nitrogens with zero attached hydrogens (tertiary/aromatic N) is 2. The van der Waals surface area contributed by atoms with Crippen molar-refractivity contribution in [2.75, 3.05) is 11.5 Å². The average molecular weight is 405 g/mol. The number of carbonyl (C=O) groups is 1. The van der Waals surface area contributed by atoms with Crippen LogP contribution in [0, 0.1) is 5.82 Å². The Bertz CT molecular complexity index is 1010. The lowest BCUT2D eigenvalue weighted by atomic mass is 10.0. The molecule has 2 aromatic rings. The lowest BCUT2D eigenvalue weighted by Gasteiger charge is -2.23. The van der Waals surface area contributed by atoms with Crippen molar-refractivity contribution < 1.29 is 17.6 Å². The lowest BCUT2D eigenvalue weighted by molar-refractivity contribution is 0.0909. The summed E-state index contributed by atoms with van der Waals surface area (Å²) in [4.78, 5) is 17.7. The minimum Gasteiger partial charge on any atom is -0.344 e. The van der Waals surface area contributed by atoms with Crippen molar-refractivity contribution in [3.63, 3.8) is 0 Å². The lowest BCUT2D eigenvalue weighted by Crippen LogP contribution is -2.47. The molecular formula is C20H24FN3O3S. The third kappa shape index (κ3) is 3.70. The van der Waals surface area contributed by atoms with Gasteiger partial charge >= 0.3 is 0 Å². The first-order valence-electron chi connectivity index (χ1n) is 9.65. The quantitative estimate of drug-likeness (QED) is 0.851. The Hall–Kier alpha value is -2.22. The molecular weight excluding hydrogens is 381 g/mol. The van der Waals surface area contributed by atoms with Gasteiger partial charge in [-0.2, -0.15) is 0 Å². The second kappa shape index (κ2) is 6.99. The number of hydrogen-bond donors (Lipinski definition) is 1. The van der Waals surface area contributed by atoms with E-state index in [1.165, 1.54) is 12.1 Å².